The molecule has 5 nitrogen and oxygen atoms in total. The minimum Gasteiger partial charge on any atom is -0.508 e. The van der Waals surface area contributed by atoms with Gasteiger partial charge in [-0.15, -0.1) is 0 Å². The molecule has 0 fully saturated rings. The van der Waals surface area contributed by atoms with Crippen molar-refractivity contribution in [1.82, 2.24) is 0 Å². The van der Waals surface area contributed by atoms with Crippen LogP contribution in [0.1, 0.15) is 17.3 Å². The third-order valence-electron chi connectivity index (χ3n) is 1.76. The van der Waals surface area contributed by atoms with Gasteiger partial charge in [-0.25, -0.2) is 4.79 Å². The van der Waals surface area contributed by atoms with Gasteiger partial charge in [-0.1, -0.05) is 0 Å². The van der Waals surface area contributed by atoms with Crippen LogP contribution in [0.5, 0.6) is 11.5 Å². The molecular formula is C11H14O5. The highest BCUT2D eigenvalue weighted by Gasteiger charge is 2.09. The van der Waals surface area contributed by atoms with Crippen molar-refractivity contribution in [2.24, 2.45) is 0 Å². The number of esters is 1. The molecule has 0 amide bonds. The van der Waals surface area contributed by atoms with Crippen LogP contribution in [0.3, 0.4) is 0 Å². The highest BCUT2D eigenvalue weighted by Crippen LogP contribution is 2.22. The minimum absolute atomic E-state index is 0.0847. The second kappa shape index (κ2) is 5.97. The van der Waals surface area contributed by atoms with Crippen LogP contribution in [0.4, 0.5) is 0 Å². The summed E-state index contributed by atoms with van der Waals surface area (Å²) in [6.45, 7) is 1.93. The molecule has 5 heteroatoms. The maximum Gasteiger partial charge on any atom is 0.338 e. The van der Waals surface area contributed by atoms with Crippen molar-refractivity contribution in [2.75, 3.05) is 19.8 Å². The lowest BCUT2D eigenvalue weighted by molar-refractivity contribution is 0.0525. The Morgan fingerprint density at radius 3 is 2.75 bits per heavy atom. The summed E-state index contributed by atoms with van der Waals surface area (Å²) < 4.78 is 9.87. The van der Waals surface area contributed by atoms with E-state index in [2.05, 4.69) is 0 Å². The molecule has 0 unspecified atom stereocenters. The maximum absolute atomic E-state index is 11.4. The number of ether oxygens (including phenoxy) is 2. The van der Waals surface area contributed by atoms with Gasteiger partial charge in [0.2, 0.25) is 0 Å². The molecule has 0 atom stereocenters. The number of benzene rings is 1. The van der Waals surface area contributed by atoms with Gasteiger partial charge in [0, 0.05) is 6.07 Å². The number of phenols is 1. The van der Waals surface area contributed by atoms with Gasteiger partial charge < -0.3 is 19.7 Å². The van der Waals surface area contributed by atoms with Gasteiger partial charge in [-0.3, -0.25) is 0 Å². The molecule has 0 spiro atoms. The predicted molar refractivity (Wildman–Crippen MR) is 56.6 cm³/mol. The smallest absolute Gasteiger partial charge is 0.338 e. The normalized spacial score (nSPS) is 9.88. The van der Waals surface area contributed by atoms with Crippen molar-refractivity contribution in [3.05, 3.63) is 23.8 Å². The number of aliphatic hydroxyl groups is 1. The molecule has 0 aromatic heterocycles. The van der Waals surface area contributed by atoms with Crippen LogP contribution in [0.25, 0.3) is 0 Å². The van der Waals surface area contributed by atoms with Crippen molar-refractivity contribution in [2.45, 2.75) is 6.92 Å². The fraction of sp³-hybridized carbons (Fsp3) is 0.364. The van der Waals surface area contributed by atoms with Gasteiger partial charge in [0.1, 0.15) is 18.1 Å². The minimum atomic E-state index is -0.521. The van der Waals surface area contributed by atoms with E-state index in [1.54, 1.807) is 6.92 Å². The predicted octanol–water partition coefficient (Wildman–Crippen LogP) is 0.940. The summed E-state index contributed by atoms with van der Waals surface area (Å²) in [7, 11) is 0. The fourth-order valence-corrected chi connectivity index (χ4v) is 1.16. The lowest BCUT2D eigenvalue weighted by atomic mass is 10.2. The molecule has 1 aromatic rings. The van der Waals surface area contributed by atoms with Crippen LogP contribution in [0.15, 0.2) is 18.2 Å². The third kappa shape index (κ3) is 3.43. The van der Waals surface area contributed by atoms with Gasteiger partial charge in [0.15, 0.2) is 0 Å². The van der Waals surface area contributed by atoms with Crippen molar-refractivity contribution in [3.8, 4) is 11.5 Å². The molecule has 0 aliphatic carbocycles. The van der Waals surface area contributed by atoms with Crippen molar-refractivity contribution >= 4 is 5.97 Å². The van der Waals surface area contributed by atoms with Gasteiger partial charge in [-0.2, -0.15) is 0 Å². The maximum atomic E-state index is 11.4. The van der Waals surface area contributed by atoms with Crippen LogP contribution in [-0.2, 0) is 4.74 Å². The molecule has 0 aliphatic heterocycles. The Balaban J connectivity index is 2.84. The summed E-state index contributed by atoms with van der Waals surface area (Å²) in [6, 6.07) is 4.11. The molecule has 1 rings (SSSR count). The average Bonchev–Trinajstić information content (AvgIpc) is 2.26. The first-order valence-corrected chi connectivity index (χ1v) is 4.92. The highest BCUT2D eigenvalue weighted by molar-refractivity contribution is 5.90. The first-order chi connectivity index (χ1) is 7.67. The summed E-state index contributed by atoms with van der Waals surface area (Å²) in [5, 5.41) is 17.9. The van der Waals surface area contributed by atoms with Crippen molar-refractivity contribution < 1.29 is 24.5 Å². The third-order valence-corrected chi connectivity index (χ3v) is 1.76. The van der Waals surface area contributed by atoms with Gasteiger partial charge in [0.25, 0.3) is 0 Å². The molecule has 0 saturated carbocycles. The molecule has 0 radical (unpaired) electrons. The van der Waals surface area contributed by atoms with E-state index in [0.717, 1.165) is 0 Å². The molecule has 88 valence electrons. The monoisotopic (exact) mass is 226 g/mol. The SMILES string of the molecule is CCOC(=O)c1cc(O)cc(OCCO)c1. The summed E-state index contributed by atoms with van der Waals surface area (Å²) in [4.78, 5) is 11.4. The standard InChI is InChI=1S/C11H14O5/c1-2-15-11(14)8-5-9(13)7-10(6-8)16-4-3-12/h5-7,12-13H,2-4H2,1H3. The molecule has 0 aliphatic rings. The zero-order chi connectivity index (χ0) is 12.0. The van der Waals surface area contributed by atoms with Gasteiger partial charge in [0.05, 0.1) is 18.8 Å². The summed E-state index contributed by atoms with van der Waals surface area (Å²) in [5.74, 6) is -0.289. The molecular weight excluding hydrogens is 212 g/mol. The largest absolute Gasteiger partial charge is 0.508 e. The number of hydrogen-bond donors (Lipinski definition) is 2. The van der Waals surface area contributed by atoms with Crippen LogP contribution < -0.4 is 4.74 Å². The van der Waals surface area contributed by atoms with Crippen LogP contribution in [0, 0.1) is 0 Å². The molecule has 16 heavy (non-hydrogen) atoms. The van der Waals surface area contributed by atoms with E-state index < -0.39 is 5.97 Å². The zero-order valence-corrected chi connectivity index (χ0v) is 8.97. The van der Waals surface area contributed by atoms with E-state index in [4.69, 9.17) is 14.6 Å². The Hall–Kier alpha value is -1.75. The molecule has 2 N–H and O–H groups in total. The summed E-state index contributed by atoms with van der Waals surface area (Å²) in [6.07, 6.45) is 0. The average molecular weight is 226 g/mol. The Kier molecular flexibility index (Phi) is 4.60. The molecule has 0 heterocycles. The van der Waals surface area contributed by atoms with Gasteiger partial charge >= 0.3 is 5.97 Å². The Labute approximate surface area is 93.2 Å². The Morgan fingerprint density at radius 1 is 1.38 bits per heavy atom. The number of phenolic OH excluding ortho intramolecular Hbond substituents is 1. The number of carbonyl (C=O) groups is 1. The molecule has 0 bridgehead atoms. The Bertz CT molecular complexity index is 361. The molecule has 0 saturated heterocycles. The van der Waals surface area contributed by atoms with E-state index in [1.807, 2.05) is 0 Å². The first kappa shape index (κ1) is 12.3. The zero-order valence-electron chi connectivity index (χ0n) is 8.97. The van der Waals surface area contributed by atoms with E-state index in [-0.39, 0.29) is 31.1 Å². The topological polar surface area (TPSA) is 76.0 Å². The van der Waals surface area contributed by atoms with Gasteiger partial charge in [-0.05, 0) is 19.1 Å². The first-order valence-electron chi connectivity index (χ1n) is 4.92. The second-order valence-corrected chi connectivity index (χ2v) is 3.01. The fourth-order valence-electron chi connectivity index (χ4n) is 1.16. The van der Waals surface area contributed by atoms with E-state index in [0.29, 0.717) is 5.75 Å². The lowest BCUT2D eigenvalue weighted by Gasteiger charge is -2.07. The van der Waals surface area contributed by atoms with E-state index in [9.17, 15) is 9.90 Å². The quantitative estimate of drug-likeness (QED) is 0.731. The second-order valence-electron chi connectivity index (χ2n) is 3.01. The number of hydrogen-bond acceptors (Lipinski definition) is 5. The van der Waals surface area contributed by atoms with E-state index in [1.165, 1.54) is 18.2 Å². The van der Waals surface area contributed by atoms with Crippen molar-refractivity contribution in [1.29, 1.82) is 0 Å². The number of rotatable bonds is 5. The van der Waals surface area contributed by atoms with E-state index >= 15 is 0 Å². The van der Waals surface area contributed by atoms with Crippen molar-refractivity contribution in [3.63, 3.8) is 0 Å². The Morgan fingerprint density at radius 2 is 2.12 bits per heavy atom. The summed E-state index contributed by atoms with van der Waals surface area (Å²) >= 11 is 0. The highest BCUT2D eigenvalue weighted by atomic mass is 16.5. The number of carbonyl (C=O) groups excluding carboxylic acids is 1. The lowest BCUT2D eigenvalue weighted by Crippen LogP contribution is -2.06. The molecule has 1 aromatic carbocycles. The van der Waals surface area contributed by atoms with Crippen LogP contribution in [0.2, 0.25) is 0 Å². The number of aliphatic hydroxyl groups excluding tert-OH is 1. The van der Waals surface area contributed by atoms with Crippen LogP contribution in [-0.4, -0.2) is 36.0 Å². The number of aromatic hydroxyl groups is 1. The van der Waals surface area contributed by atoms with Crippen LogP contribution >= 0.6 is 0 Å². The summed E-state index contributed by atoms with van der Waals surface area (Å²) in [5.41, 5.74) is 0.217.